The van der Waals surface area contributed by atoms with Crippen LogP contribution >= 0.6 is 0 Å². The van der Waals surface area contributed by atoms with Crippen molar-refractivity contribution >= 4 is 0 Å². The molecule has 0 fully saturated rings. The zero-order valence-electron chi connectivity index (χ0n) is 11.8. The third kappa shape index (κ3) is 2.32. The minimum atomic E-state index is 0.150. The molecule has 3 rings (SSSR count). The van der Waals surface area contributed by atoms with Gasteiger partial charge in [-0.05, 0) is 36.8 Å². The number of nitrogens with zero attached hydrogens (tertiary/aromatic N) is 2. The van der Waals surface area contributed by atoms with Crippen LogP contribution < -0.4 is 5.73 Å². The van der Waals surface area contributed by atoms with E-state index in [9.17, 15) is 0 Å². The first kappa shape index (κ1) is 12.5. The Morgan fingerprint density at radius 2 is 2.32 bits per heavy atom. The monoisotopic (exact) mass is 259 g/mol. The van der Waals surface area contributed by atoms with Crippen LogP contribution in [0.3, 0.4) is 0 Å². The maximum atomic E-state index is 6.28. The molecular formula is C15H21N3O. The van der Waals surface area contributed by atoms with E-state index in [0.29, 0.717) is 0 Å². The summed E-state index contributed by atoms with van der Waals surface area (Å²) in [7, 11) is 0. The summed E-state index contributed by atoms with van der Waals surface area (Å²) < 4.78 is 7.55. The summed E-state index contributed by atoms with van der Waals surface area (Å²) in [6.45, 7) is 7.24. The third-order valence-corrected chi connectivity index (χ3v) is 3.93. The van der Waals surface area contributed by atoms with Gasteiger partial charge in [0.15, 0.2) is 5.76 Å². The number of hydrogen-bond donors (Lipinski definition) is 1. The lowest BCUT2D eigenvalue weighted by Crippen LogP contribution is -2.30. The van der Waals surface area contributed by atoms with E-state index >= 15 is 0 Å². The Hall–Kier alpha value is -1.55. The average Bonchev–Trinajstić information content (AvgIpc) is 2.86. The molecule has 0 bridgehead atoms. The van der Waals surface area contributed by atoms with E-state index in [1.54, 1.807) is 0 Å². The molecule has 19 heavy (non-hydrogen) atoms. The summed E-state index contributed by atoms with van der Waals surface area (Å²) in [5.41, 5.74) is 10.1. The third-order valence-electron chi connectivity index (χ3n) is 3.93. The smallest absolute Gasteiger partial charge is 0.156 e. The average molecular weight is 259 g/mol. The largest absolute Gasteiger partial charge is 0.359 e. The van der Waals surface area contributed by atoms with Gasteiger partial charge in [-0.25, -0.2) is 0 Å². The van der Waals surface area contributed by atoms with Crippen molar-refractivity contribution in [1.82, 2.24) is 9.72 Å². The van der Waals surface area contributed by atoms with Crippen LogP contribution in [0.5, 0.6) is 0 Å². The number of rotatable bonds is 2. The molecule has 102 valence electrons. The molecule has 1 aliphatic carbocycles. The predicted octanol–water partition coefficient (Wildman–Crippen LogP) is 2.81. The molecule has 1 aliphatic rings. The summed E-state index contributed by atoms with van der Waals surface area (Å²) in [5.74, 6) is 0.896. The van der Waals surface area contributed by atoms with Crippen LogP contribution in [0.1, 0.15) is 49.0 Å². The first-order valence-electron chi connectivity index (χ1n) is 6.80. The predicted molar refractivity (Wildman–Crippen MR) is 73.8 cm³/mol. The molecule has 1 unspecified atom stereocenters. The highest BCUT2D eigenvalue weighted by Gasteiger charge is 2.32. The van der Waals surface area contributed by atoms with E-state index in [-0.39, 0.29) is 11.5 Å². The van der Waals surface area contributed by atoms with Crippen LogP contribution in [-0.2, 0) is 13.0 Å². The maximum absolute atomic E-state index is 6.28. The van der Waals surface area contributed by atoms with Gasteiger partial charge in [-0.3, -0.25) is 0 Å². The van der Waals surface area contributed by atoms with Gasteiger partial charge in [0.25, 0.3) is 0 Å². The Kier molecular flexibility index (Phi) is 2.78. The van der Waals surface area contributed by atoms with E-state index < -0.39 is 0 Å². The molecule has 2 N–H and O–H groups in total. The van der Waals surface area contributed by atoms with Gasteiger partial charge in [0.2, 0.25) is 0 Å². The Balaban J connectivity index is 1.92. The molecule has 0 saturated carbocycles. The Labute approximate surface area is 113 Å². The van der Waals surface area contributed by atoms with Crippen molar-refractivity contribution in [1.29, 1.82) is 0 Å². The molecule has 0 radical (unpaired) electrons. The summed E-state index contributed by atoms with van der Waals surface area (Å²) in [6, 6.07) is 4.29. The van der Waals surface area contributed by atoms with Crippen molar-refractivity contribution in [2.24, 2.45) is 11.1 Å². The Bertz CT molecular complexity index is 594. The summed E-state index contributed by atoms with van der Waals surface area (Å²) in [6.07, 6.45) is 4.23. The quantitative estimate of drug-likeness (QED) is 0.902. The second-order valence-electron chi connectivity index (χ2n) is 6.43. The fourth-order valence-corrected chi connectivity index (χ4v) is 3.10. The minimum Gasteiger partial charge on any atom is -0.359 e. The van der Waals surface area contributed by atoms with E-state index in [2.05, 4.69) is 35.8 Å². The maximum Gasteiger partial charge on any atom is 0.156 e. The normalized spacial score (nSPS) is 21.4. The Morgan fingerprint density at radius 1 is 1.53 bits per heavy atom. The number of fused-ring (bicyclic) bond motifs is 1. The van der Waals surface area contributed by atoms with Crippen molar-refractivity contribution in [2.75, 3.05) is 0 Å². The summed E-state index contributed by atoms with van der Waals surface area (Å²) in [5, 5.41) is 3.94. The first-order chi connectivity index (χ1) is 8.94. The van der Waals surface area contributed by atoms with Crippen molar-refractivity contribution in [2.45, 2.75) is 46.2 Å². The van der Waals surface area contributed by atoms with Crippen LogP contribution in [0.2, 0.25) is 0 Å². The molecule has 0 spiro atoms. The van der Waals surface area contributed by atoms with Gasteiger partial charge >= 0.3 is 0 Å². The number of nitrogens with two attached hydrogens (primary N) is 1. The van der Waals surface area contributed by atoms with Gasteiger partial charge < -0.3 is 14.8 Å². The second kappa shape index (κ2) is 4.23. The van der Waals surface area contributed by atoms with Crippen LogP contribution in [0.4, 0.5) is 0 Å². The van der Waals surface area contributed by atoms with Crippen LogP contribution in [0, 0.1) is 12.3 Å². The van der Waals surface area contributed by atoms with E-state index in [0.717, 1.165) is 30.8 Å². The number of aromatic nitrogens is 2. The molecule has 0 aromatic carbocycles. The lowest BCUT2D eigenvalue weighted by molar-refractivity contribution is 0.274. The highest BCUT2D eigenvalue weighted by atomic mass is 16.5. The van der Waals surface area contributed by atoms with E-state index in [1.165, 1.54) is 11.3 Å². The zero-order chi connectivity index (χ0) is 13.6. The molecule has 4 heteroatoms. The SMILES string of the molecule is Cc1cc(Cn2ccc3c2CC(C)(C)CC3N)on1. The molecule has 1 atom stereocenters. The standard InChI is InChI=1S/C15H21N3O/c1-10-6-11(19-17-10)9-18-5-4-12-13(16)7-15(2,3)8-14(12)18/h4-6,13H,7-9,16H2,1-3H3. The molecule has 2 aromatic heterocycles. The topological polar surface area (TPSA) is 57.0 Å². The van der Waals surface area contributed by atoms with Crippen molar-refractivity contribution in [3.05, 3.63) is 41.0 Å². The van der Waals surface area contributed by atoms with Gasteiger partial charge in [-0.2, -0.15) is 0 Å². The van der Waals surface area contributed by atoms with Crippen molar-refractivity contribution < 1.29 is 4.52 Å². The molecule has 2 aromatic rings. The highest BCUT2D eigenvalue weighted by molar-refractivity contribution is 5.30. The molecule has 4 nitrogen and oxygen atoms in total. The highest BCUT2D eigenvalue weighted by Crippen LogP contribution is 2.40. The Morgan fingerprint density at radius 3 is 3.00 bits per heavy atom. The van der Waals surface area contributed by atoms with Crippen LogP contribution in [0.15, 0.2) is 22.9 Å². The van der Waals surface area contributed by atoms with Gasteiger partial charge in [0.05, 0.1) is 12.2 Å². The fourth-order valence-electron chi connectivity index (χ4n) is 3.10. The summed E-state index contributed by atoms with van der Waals surface area (Å²) in [4.78, 5) is 0. The first-order valence-corrected chi connectivity index (χ1v) is 6.80. The van der Waals surface area contributed by atoms with Crippen LogP contribution in [0.25, 0.3) is 0 Å². The molecule has 0 saturated heterocycles. The van der Waals surface area contributed by atoms with E-state index in [1.807, 2.05) is 13.0 Å². The molecule has 0 amide bonds. The molecule has 0 aliphatic heterocycles. The zero-order valence-corrected chi connectivity index (χ0v) is 11.8. The number of hydrogen-bond acceptors (Lipinski definition) is 3. The molecular weight excluding hydrogens is 238 g/mol. The van der Waals surface area contributed by atoms with Gasteiger partial charge in [-0.1, -0.05) is 19.0 Å². The van der Waals surface area contributed by atoms with E-state index in [4.69, 9.17) is 10.3 Å². The second-order valence-corrected chi connectivity index (χ2v) is 6.43. The van der Waals surface area contributed by atoms with Gasteiger partial charge in [-0.15, -0.1) is 0 Å². The van der Waals surface area contributed by atoms with Gasteiger partial charge in [0.1, 0.15) is 0 Å². The van der Waals surface area contributed by atoms with Crippen molar-refractivity contribution in [3.63, 3.8) is 0 Å². The minimum absolute atomic E-state index is 0.150. The lowest BCUT2D eigenvalue weighted by atomic mass is 9.74. The lowest BCUT2D eigenvalue weighted by Gasteiger charge is -2.34. The van der Waals surface area contributed by atoms with Crippen LogP contribution in [-0.4, -0.2) is 9.72 Å². The van der Waals surface area contributed by atoms with Gasteiger partial charge in [0, 0.05) is 24.0 Å². The fraction of sp³-hybridized carbons (Fsp3) is 0.533. The van der Waals surface area contributed by atoms with Crippen molar-refractivity contribution in [3.8, 4) is 0 Å². The number of aryl methyl sites for hydroxylation is 1. The molecule has 2 heterocycles. The summed E-state index contributed by atoms with van der Waals surface area (Å²) >= 11 is 0.